The van der Waals surface area contributed by atoms with Crippen molar-refractivity contribution in [1.29, 1.82) is 0 Å². The molecule has 0 aromatic carbocycles. The molecule has 0 bridgehead atoms. The van der Waals surface area contributed by atoms with Gasteiger partial charge in [-0.2, -0.15) is 0 Å². The molecule has 1 aliphatic rings. The van der Waals surface area contributed by atoms with E-state index < -0.39 is 0 Å². The first-order chi connectivity index (χ1) is 5.71. The van der Waals surface area contributed by atoms with E-state index in [1.54, 1.807) is 0 Å². The molecule has 2 rings (SSSR count). The molecule has 1 aliphatic carbocycles. The van der Waals surface area contributed by atoms with Crippen LogP contribution in [0.25, 0.3) is 0 Å². The Bertz CT molecular complexity index is 274. The SMILES string of the molecule is CC1(c2ccc(Br)cn2)CCC1. The van der Waals surface area contributed by atoms with Crippen LogP contribution in [0.1, 0.15) is 31.9 Å². The molecular weight excluding hydrogens is 214 g/mol. The lowest BCUT2D eigenvalue weighted by molar-refractivity contribution is 0.264. The van der Waals surface area contributed by atoms with Crippen LogP contribution in [0.5, 0.6) is 0 Å². The maximum Gasteiger partial charge on any atom is 0.0463 e. The van der Waals surface area contributed by atoms with Crippen molar-refractivity contribution >= 4 is 15.9 Å². The van der Waals surface area contributed by atoms with Crippen LogP contribution in [-0.4, -0.2) is 4.98 Å². The Balaban J connectivity index is 2.28. The Kier molecular flexibility index (Phi) is 1.95. The first-order valence-corrected chi connectivity index (χ1v) is 5.12. The minimum absolute atomic E-state index is 0.376. The number of halogens is 1. The van der Waals surface area contributed by atoms with Crippen molar-refractivity contribution in [3.8, 4) is 0 Å². The van der Waals surface area contributed by atoms with Gasteiger partial charge < -0.3 is 0 Å². The van der Waals surface area contributed by atoms with Gasteiger partial charge >= 0.3 is 0 Å². The summed E-state index contributed by atoms with van der Waals surface area (Å²) in [6.45, 7) is 2.30. The van der Waals surface area contributed by atoms with E-state index in [2.05, 4.69) is 40.0 Å². The largest absolute Gasteiger partial charge is 0.260 e. The predicted molar refractivity (Wildman–Crippen MR) is 53.1 cm³/mol. The molecule has 0 atom stereocenters. The van der Waals surface area contributed by atoms with E-state index in [0.717, 1.165) is 4.47 Å². The summed E-state index contributed by atoms with van der Waals surface area (Å²) in [6, 6.07) is 4.20. The Morgan fingerprint density at radius 2 is 2.17 bits per heavy atom. The number of hydrogen-bond acceptors (Lipinski definition) is 1. The van der Waals surface area contributed by atoms with E-state index in [9.17, 15) is 0 Å². The topological polar surface area (TPSA) is 12.9 Å². The molecule has 1 fully saturated rings. The molecule has 64 valence electrons. The lowest BCUT2D eigenvalue weighted by Gasteiger charge is -2.37. The van der Waals surface area contributed by atoms with Gasteiger partial charge in [-0.15, -0.1) is 0 Å². The van der Waals surface area contributed by atoms with Crippen LogP contribution in [0.2, 0.25) is 0 Å². The first kappa shape index (κ1) is 8.24. The third-order valence-electron chi connectivity index (χ3n) is 2.80. The molecule has 1 saturated carbocycles. The summed E-state index contributed by atoms with van der Waals surface area (Å²) in [4.78, 5) is 4.43. The van der Waals surface area contributed by atoms with Crippen molar-refractivity contribution in [1.82, 2.24) is 4.98 Å². The number of pyridine rings is 1. The molecule has 0 unspecified atom stereocenters. The highest BCUT2D eigenvalue weighted by molar-refractivity contribution is 9.10. The average Bonchev–Trinajstić information content (AvgIpc) is 2.02. The molecule has 1 aromatic heterocycles. The second kappa shape index (κ2) is 2.84. The minimum Gasteiger partial charge on any atom is -0.260 e. The van der Waals surface area contributed by atoms with Gasteiger partial charge in [0.2, 0.25) is 0 Å². The van der Waals surface area contributed by atoms with Gasteiger partial charge in [0.25, 0.3) is 0 Å². The lowest BCUT2D eigenvalue weighted by atomic mass is 9.68. The third-order valence-corrected chi connectivity index (χ3v) is 3.27. The molecule has 2 heteroatoms. The summed E-state index contributed by atoms with van der Waals surface area (Å²) in [5.41, 5.74) is 1.62. The standard InChI is InChI=1S/C10H12BrN/c1-10(5-2-6-10)9-4-3-8(11)7-12-9/h3-4,7H,2,5-6H2,1H3. The smallest absolute Gasteiger partial charge is 0.0463 e. The van der Waals surface area contributed by atoms with Gasteiger partial charge in [-0.1, -0.05) is 13.3 Å². The summed E-state index contributed by atoms with van der Waals surface area (Å²) < 4.78 is 1.06. The molecule has 0 aliphatic heterocycles. The maximum absolute atomic E-state index is 4.43. The Labute approximate surface area is 81.3 Å². The van der Waals surface area contributed by atoms with E-state index in [0.29, 0.717) is 5.41 Å². The van der Waals surface area contributed by atoms with E-state index in [1.165, 1.54) is 25.0 Å². The third kappa shape index (κ3) is 1.28. The van der Waals surface area contributed by atoms with Gasteiger partial charge in [0, 0.05) is 21.8 Å². The summed E-state index contributed by atoms with van der Waals surface area (Å²) >= 11 is 3.39. The maximum atomic E-state index is 4.43. The Hall–Kier alpha value is -0.370. The zero-order valence-electron chi connectivity index (χ0n) is 7.18. The lowest BCUT2D eigenvalue weighted by Crippen LogP contribution is -2.31. The molecule has 12 heavy (non-hydrogen) atoms. The van der Waals surface area contributed by atoms with E-state index in [4.69, 9.17) is 0 Å². The molecule has 1 nitrogen and oxygen atoms in total. The predicted octanol–water partition coefficient (Wildman–Crippen LogP) is 3.29. The number of nitrogens with zero attached hydrogens (tertiary/aromatic N) is 1. The van der Waals surface area contributed by atoms with E-state index in [1.807, 2.05) is 6.20 Å². The highest BCUT2D eigenvalue weighted by Crippen LogP contribution is 2.42. The van der Waals surface area contributed by atoms with Crippen LogP contribution in [-0.2, 0) is 5.41 Å². The van der Waals surface area contributed by atoms with Crippen LogP contribution in [0, 0.1) is 0 Å². The Morgan fingerprint density at radius 3 is 2.58 bits per heavy atom. The highest BCUT2D eigenvalue weighted by atomic mass is 79.9. The van der Waals surface area contributed by atoms with Crippen LogP contribution < -0.4 is 0 Å². The van der Waals surface area contributed by atoms with Gasteiger partial charge in [0.05, 0.1) is 0 Å². The second-order valence-corrected chi connectivity index (χ2v) is 4.69. The number of hydrogen-bond donors (Lipinski definition) is 0. The molecule has 0 radical (unpaired) electrons. The first-order valence-electron chi connectivity index (χ1n) is 4.33. The zero-order valence-corrected chi connectivity index (χ0v) is 8.76. The molecule has 0 spiro atoms. The van der Waals surface area contributed by atoms with E-state index in [-0.39, 0.29) is 0 Å². The van der Waals surface area contributed by atoms with Crippen LogP contribution in [0.4, 0.5) is 0 Å². The van der Waals surface area contributed by atoms with Crippen molar-refractivity contribution in [3.05, 3.63) is 28.5 Å². The van der Waals surface area contributed by atoms with Crippen molar-refractivity contribution < 1.29 is 0 Å². The zero-order chi connectivity index (χ0) is 8.60. The van der Waals surface area contributed by atoms with Gasteiger partial charge in [-0.3, -0.25) is 4.98 Å². The minimum atomic E-state index is 0.376. The molecular formula is C10H12BrN. The molecule has 1 heterocycles. The Morgan fingerprint density at radius 1 is 1.42 bits per heavy atom. The highest BCUT2D eigenvalue weighted by Gasteiger charge is 2.34. The van der Waals surface area contributed by atoms with Crippen LogP contribution >= 0.6 is 15.9 Å². The summed E-state index contributed by atoms with van der Waals surface area (Å²) in [6.07, 6.45) is 5.83. The monoisotopic (exact) mass is 225 g/mol. The van der Waals surface area contributed by atoms with Crippen LogP contribution in [0.3, 0.4) is 0 Å². The number of aromatic nitrogens is 1. The quantitative estimate of drug-likeness (QED) is 0.716. The summed E-state index contributed by atoms with van der Waals surface area (Å²) in [7, 11) is 0. The summed E-state index contributed by atoms with van der Waals surface area (Å²) in [5.74, 6) is 0. The van der Waals surface area contributed by atoms with Gasteiger partial charge in [0.15, 0.2) is 0 Å². The van der Waals surface area contributed by atoms with Crippen molar-refractivity contribution in [2.75, 3.05) is 0 Å². The normalized spacial score (nSPS) is 20.2. The molecule has 0 amide bonds. The van der Waals surface area contributed by atoms with Crippen molar-refractivity contribution in [2.24, 2.45) is 0 Å². The van der Waals surface area contributed by atoms with Crippen molar-refractivity contribution in [3.63, 3.8) is 0 Å². The van der Waals surface area contributed by atoms with Gasteiger partial charge in [-0.25, -0.2) is 0 Å². The average molecular weight is 226 g/mol. The molecule has 1 aromatic rings. The van der Waals surface area contributed by atoms with Crippen LogP contribution in [0.15, 0.2) is 22.8 Å². The fourth-order valence-electron chi connectivity index (χ4n) is 1.70. The number of rotatable bonds is 1. The van der Waals surface area contributed by atoms with Crippen molar-refractivity contribution in [2.45, 2.75) is 31.6 Å². The van der Waals surface area contributed by atoms with Gasteiger partial charge in [0.1, 0.15) is 0 Å². The van der Waals surface area contributed by atoms with Gasteiger partial charge in [-0.05, 0) is 40.9 Å². The molecule has 0 saturated heterocycles. The molecule has 0 N–H and O–H groups in total. The van der Waals surface area contributed by atoms with E-state index >= 15 is 0 Å². The summed E-state index contributed by atoms with van der Waals surface area (Å²) in [5, 5.41) is 0. The second-order valence-electron chi connectivity index (χ2n) is 3.78. The fraction of sp³-hybridized carbons (Fsp3) is 0.500. The fourth-order valence-corrected chi connectivity index (χ4v) is 1.93.